The third-order valence-corrected chi connectivity index (χ3v) is 8.64. The highest BCUT2D eigenvalue weighted by atomic mass is 35.5. The first-order chi connectivity index (χ1) is 18.6. The second-order valence-electron chi connectivity index (χ2n) is 8.97. The van der Waals surface area contributed by atoms with Crippen molar-refractivity contribution in [3.63, 3.8) is 0 Å². The number of halogens is 3. The Kier molecular flexibility index (Phi) is 7.89. The quantitative estimate of drug-likeness (QED) is 0.266. The lowest BCUT2D eigenvalue weighted by atomic mass is 10.1. The maximum absolute atomic E-state index is 11.8. The number of aliphatic hydroxyl groups excluding tert-OH is 1. The molecule has 1 atom stereocenters. The summed E-state index contributed by atoms with van der Waals surface area (Å²) in [5, 5.41) is 19.0. The molecule has 3 aromatic heterocycles. The molecular formula is C24H24Cl3N7O4S. The van der Waals surface area contributed by atoms with Crippen LogP contribution in [0.2, 0.25) is 15.1 Å². The van der Waals surface area contributed by atoms with Gasteiger partial charge in [-0.1, -0.05) is 34.8 Å². The summed E-state index contributed by atoms with van der Waals surface area (Å²) < 4.78 is 31.1. The van der Waals surface area contributed by atoms with Gasteiger partial charge in [-0.15, -0.1) is 0 Å². The monoisotopic (exact) mass is 611 g/mol. The first-order valence-electron chi connectivity index (χ1n) is 11.8. The summed E-state index contributed by atoms with van der Waals surface area (Å²) in [5.41, 5.74) is 9.08. The largest absolute Gasteiger partial charge is 0.470 e. The lowest BCUT2D eigenvalue weighted by Crippen LogP contribution is -2.48. The number of aliphatic hydroxyl groups is 1. The first kappa shape index (κ1) is 27.8. The van der Waals surface area contributed by atoms with E-state index in [1.54, 1.807) is 24.4 Å². The fourth-order valence-corrected chi connectivity index (χ4v) is 6.10. The van der Waals surface area contributed by atoms with Crippen molar-refractivity contribution in [3.8, 4) is 17.0 Å². The van der Waals surface area contributed by atoms with Crippen molar-refractivity contribution >= 4 is 61.5 Å². The molecule has 0 saturated carbocycles. The Bertz CT molecular complexity index is 1620. The zero-order chi connectivity index (χ0) is 27.9. The van der Waals surface area contributed by atoms with Crippen LogP contribution in [0.25, 0.3) is 22.2 Å². The van der Waals surface area contributed by atoms with Crippen molar-refractivity contribution in [1.29, 1.82) is 0 Å². The molecular weight excluding hydrogens is 589 g/mol. The summed E-state index contributed by atoms with van der Waals surface area (Å²) in [7, 11) is -3.26. The van der Waals surface area contributed by atoms with E-state index >= 15 is 0 Å². The number of hydrogen-bond donors (Lipinski definition) is 3. The molecule has 15 heteroatoms. The van der Waals surface area contributed by atoms with Gasteiger partial charge in [0.2, 0.25) is 10.0 Å². The van der Waals surface area contributed by atoms with Gasteiger partial charge in [-0.25, -0.2) is 13.4 Å². The molecule has 0 bridgehead atoms. The zero-order valence-electron chi connectivity index (χ0n) is 20.6. The Hall–Kier alpha value is -2.71. The first-order valence-corrected chi connectivity index (χ1v) is 14.7. The van der Waals surface area contributed by atoms with E-state index in [4.69, 9.17) is 45.3 Å². The number of rotatable bonds is 7. The number of H-pyrrole nitrogens is 1. The molecule has 1 saturated heterocycles. The molecule has 1 aromatic carbocycles. The predicted molar refractivity (Wildman–Crippen MR) is 151 cm³/mol. The summed E-state index contributed by atoms with van der Waals surface area (Å²) in [6, 6.07) is 5.18. The number of nitrogens with two attached hydrogens (primary N) is 1. The molecule has 1 fully saturated rings. The number of nitrogens with one attached hydrogen (secondary N) is 1. The Morgan fingerprint density at radius 3 is 2.41 bits per heavy atom. The van der Waals surface area contributed by atoms with Crippen LogP contribution in [0, 0.1) is 0 Å². The number of piperazine rings is 1. The Balaban J connectivity index is 1.44. The summed E-state index contributed by atoms with van der Waals surface area (Å²) in [4.78, 5) is 10.5. The molecule has 0 aliphatic carbocycles. The van der Waals surface area contributed by atoms with Gasteiger partial charge < -0.3 is 14.7 Å². The molecule has 11 nitrogen and oxygen atoms in total. The molecule has 5 rings (SSSR count). The number of ether oxygens (including phenoxy) is 1. The molecule has 0 radical (unpaired) electrons. The SMILES string of the molecule is CS(=O)(=O)N1CCN(c2ncc(-c3n[nH]c4cc(Cl)c(O[C@H](N)c5c(Cl)cncc5Cl)cc34)cc2CO)CC1. The van der Waals surface area contributed by atoms with Crippen LogP contribution in [0.5, 0.6) is 5.75 Å². The average Bonchev–Trinajstić information content (AvgIpc) is 3.30. The molecule has 39 heavy (non-hydrogen) atoms. The average molecular weight is 613 g/mol. The van der Waals surface area contributed by atoms with E-state index in [9.17, 15) is 13.5 Å². The number of fused-ring (bicyclic) bond motifs is 1. The van der Waals surface area contributed by atoms with Gasteiger partial charge in [-0.2, -0.15) is 9.40 Å². The van der Waals surface area contributed by atoms with Gasteiger partial charge in [0.15, 0.2) is 6.23 Å². The van der Waals surface area contributed by atoms with Gasteiger partial charge in [0.25, 0.3) is 0 Å². The van der Waals surface area contributed by atoms with E-state index in [0.717, 1.165) is 0 Å². The standard InChI is InChI=1S/C24H24Cl3N7O4S/c1-39(36,37)34-4-2-33(3-5-34)24-14(12-35)6-13(9-30-24)22-15-7-20(16(25)8-19(15)31-32-22)38-23(28)21-17(26)10-29-11-18(21)27/h6-11,23,35H,2-5,12,28H2,1H3,(H,31,32)/t23-/m0/s1. The second-order valence-corrected chi connectivity index (χ2v) is 12.2. The lowest BCUT2D eigenvalue weighted by Gasteiger charge is -2.34. The third-order valence-electron chi connectivity index (χ3n) is 6.44. The van der Waals surface area contributed by atoms with Crippen LogP contribution in [-0.4, -0.2) is 70.4 Å². The Labute approximate surface area is 239 Å². The zero-order valence-corrected chi connectivity index (χ0v) is 23.7. The van der Waals surface area contributed by atoms with E-state index in [1.807, 2.05) is 4.90 Å². The number of aromatic nitrogens is 4. The van der Waals surface area contributed by atoms with Crippen LogP contribution in [0.15, 0.2) is 36.8 Å². The highest BCUT2D eigenvalue weighted by Crippen LogP contribution is 2.38. The topological polar surface area (TPSA) is 151 Å². The highest BCUT2D eigenvalue weighted by Gasteiger charge is 2.26. The minimum Gasteiger partial charge on any atom is -0.470 e. The van der Waals surface area contributed by atoms with Crippen molar-refractivity contribution < 1.29 is 18.3 Å². The van der Waals surface area contributed by atoms with Crippen molar-refractivity contribution in [1.82, 2.24) is 24.5 Å². The molecule has 4 aromatic rings. The summed E-state index contributed by atoms with van der Waals surface area (Å²) in [6.07, 6.45) is 4.69. The van der Waals surface area contributed by atoms with Gasteiger partial charge in [0.1, 0.15) is 17.3 Å². The van der Waals surface area contributed by atoms with Gasteiger partial charge >= 0.3 is 0 Å². The van der Waals surface area contributed by atoms with Crippen molar-refractivity contribution in [2.45, 2.75) is 12.8 Å². The third kappa shape index (κ3) is 5.64. The van der Waals surface area contributed by atoms with E-state index in [-0.39, 0.29) is 16.7 Å². The van der Waals surface area contributed by atoms with E-state index in [0.29, 0.717) is 76.1 Å². The van der Waals surface area contributed by atoms with Crippen LogP contribution in [0.1, 0.15) is 17.4 Å². The molecule has 0 unspecified atom stereocenters. The summed E-state index contributed by atoms with van der Waals surface area (Å²) in [5.74, 6) is 0.886. The molecule has 0 spiro atoms. The molecule has 4 heterocycles. The smallest absolute Gasteiger partial charge is 0.211 e. The van der Waals surface area contributed by atoms with Crippen molar-refractivity contribution in [3.05, 3.63) is 63.0 Å². The maximum atomic E-state index is 11.8. The number of pyridine rings is 2. The van der Waals surface area contributed by atoms with Gasteiger partial charge in [0.05, 0.1) is 33.4 Å². The van der Waals surface area contributed by atoms with Gasteiger partial charge in [0, 0.05) is 66.8 Å². The van der Waals surface area contributed by atoms with Crippen LogP contribution < -0.4 is 15.4 Å². The number of sulfonamides is 1. The minimum absolute atomic E-state index is 0.257. The second kappa shape index (κ2) is 11.0. The van der Waals surface area contributed by atoms with Crippen LogP contribution in [0.4, 0.5) is 5.82 Å². The number of aromatic amines is 1. The summed E-state index contributed by atoms with van der Waals surface area (Å²) >= 11 is 18.9. The normalized spacial score (nSPS) is 15.6. The lowest BCUT2D eigenvalue weighted by molar-refractivity contribution is 0.214. The molecule has 206 valence electrons. The Morgan fingerprint density at radius 1 is 1.08 bits per heavy atom. The number of anilines is 1. The van der Waals surface area contributed by atoms with Crippen molar-refractivity contribution in [2.75, 3.05) is 37.3 Å². The van der Waals surface area contributed by atoms with Crippen LogP contribution >= 0.6 is 34.8 Å². The highest BCUT2D eigenvalue weighted by molar-refractivity contribution is 7.88. The number of hydrogen-bond acceptors (Lipinski definition) is 9. The predicted octanol–water partition coefficient (Wildman–Crippen LogP) is 3.59. The summed E-state index contributed by atoms with van der Waals surface area (Å²) in [6.45, 7) is 1.36. The van der Waals surface area contributed by atoms with E-state index < -0.39 is 16.3 Å². The van der Waals surface area contributed by atoms with Crippen LogP contribution in [0.3, 0.4) is 0 Å². The number of nitrogens with zero attached hydrogens (tertiary/aromatic N) is 5. The van der Waals surface area contributed by atoms with E-state index in [1.165, 1.54) is 23.0 Å². The fraction of sp³-hybridized carbons (Fsp3) is 0.292. The molecule has 1 aliphatic rings. The minimum atomic E-state index is -3.26. The van der Waals surface area contributed by atoms with Gasteiger partial charge in [-0.05, 0) is 18.2 Å². The number of benzene rings is 1. The maximum Gasteiger partial charge on any atom is 0.211 e. The molecule has 0 amide bonds. The molecule has 4 N–H and O–H groups in total. The van der Waals surface area contributed by atoms with Gasteiger partial charge in [-0.3, -0.25) is 15.8 Å². The van der Waals surface area contributed by atoms with Crippen LogP contribution in [-0.2, 0) is 16.6 Å². The Morgan fingerprint density at radius 2 is 1.77 bits per heavy atom. The van der Waals surface area contributed by atoms with E-state index in [2.05, 4.69) is 20.2 Å². The fourth-order valence-electron chi connectivity index (χ4n) is 4.48. The van der Waals surface area contributed by atoms with Crippen molar-refractivity contribution in [2.24, 2.45) is 5.73 Å². The molecule has 1 aliphatic heterocycles.